The van der Waals surface area contributed by atoms with Gasteiger partial charge in [-0.1, -0.05) is 11.6 Å². The Hall–Kier alpha value is -0.190. The Morgan fingerprint density at radius 2 is 2.14 bits per heavy atom. The third-order valence-electron chi connectivity index (χ3n) is 1.70. The van der Waals surface area contributed by atoms with Gasteiger partial charge in [0.15, 0.2) is 0 Å². The molecule has 0 N–H and O–H groups in total. The van der Waals surface area contributed by atoms with Crippen molar-refractivity contribution in [2.24, 2.45) is 0 Å². The van der Waals surface area contributed by atoms with Crippen LogP contribution in [0.4, 0.5) is 0 Å². The number of hydrogen-bond donors (Lipinski definition) is 0. The minimum Gasteiger partial charge on any atom is -0.381 e. The highest BCUT2D eigenvalue weighted by Gasteiger charge is 2.06. The van der Waals surface area contributed by atoms with E-state index in [2.05, 4.69) is 25.9 Å². The Bertz CT molecular complexity index is 297. The lowest BCUT2D eigenvalue weighted by Gasteiger charge is -2.04. The predicted molar refractivity (Wildman–Crippen MR) is 59.7 cm³/mol. The van der Waals surface area contributed by atoms with Gasteiger partial charge in [-0.2, -0.15) is 0 Å². The average Bonchev–Trinajstić information content (AvgIpc) is 2.14. The third kappa shape index (κ3) is 3.19. The van der Waals surface area contributed by atoms with Crippen LogP contribution in [-0.4, -0.2) is 23.2 Å². The summed E-state index contributed by atoms with van der Waals surface area (Å²) >= 11 is 9.20. The third-order valence-corrected chi connectivity index (χ3v) is 3.15. The van der Waals surface area contributed by atoms with Crippen molar-refractivity contribution in [2.75, 3.05) is 13.2 Å². The molecule has 0 spiro atoms. The lowest BCUT2D eigenvalue weighted by Crippen LogP contribution is -2.04. The smallest absolute Gasteiger partial charge is 0.147 e. The van der Waals surface area contributed by atoms with E-state index < -0.39 is 0 Å². The van der Waals surface area contributed by atoms with Crippen molar-refractivity contribution < 1.29 is 4.74 Å². The van der Waals surface area contributed by atoms with Crippen LogP contribution in [0.5, 0.6) is 0 Å². The van der Waals surface area contributed by atoms with Gasteiger partial charge in [-0.3, -0.25) is 0 Å². The standard InChI is InChI=1S/C9H12BrClN2O/c1-3-14-5-4-7-12-6(2)8(10)9(11)13-7/h3-5H2,1-2H3. The first kappa shape index (κ1) is 11.9. The number of halogens is 2. The molecule has 0 aromatic carbocycles. The van der Waals surface area contributed by atoms with Crippen LogP contribution < -0.4 is 0 Å². The van der Waals surface area contributed by atoms with Crippen molar-refractivity contribution in [2.45, 2.75) is 20.3 Å². The molecule has 0 amide bonds. The van der Waals surface area contributed by atoms with Gasteiger partial charge in [0, 0.05) is 13.0 Å². The van der Waals surface area contributed by atoms with Crippen LogP contribution in [0.3, 0.4) is 0 Å². The summed E-state index contributed by atoms with van der Waals surface area (Å²) in [6.45, 7) is 5.19. The van der Waals surface area contributed by atoms with E-state index >= 15 is 0 Å². The van der Waals surface area contributed by atoms with Gasteiger partial charge in [0.2, 0.25) is 0 Å². The molecule has 0 atom stereocenters. The SMILES string of the molecule is CCOCCc1nc(C)c(Br)c(Cl)n1. The van der Waals surface area contributed by atoms with E-state index in [1.165, 1.54) is 0 Å². The minimum atomic E-state index is 0.462. The zero-order chi connectivity index (χ0) is 10.6. The van der Waals surface area contributed by atoms with Gasteiger partial charge in [0.05, 0.1) is 16.8 Å². The zero-order valence-corrected chi connectivity index (χ0v) is 10.5. The summed E-state index contributed by atoms with van der Waals surface area (Å²) < 4.78 is 5.98. The molecule has 3 nitrogen and oxygen atoms in total. The van der Waals surface area contributed by atoms with Crippen LogP contribution in [0.25, 0.3) is 0 Å². The Balaban J connectivity index is 2.69. The second-order valence-electron chi connectivity index (χ2n) is 2.78. The van der Waals surface area contributed by atoms with Crippen LogP contribution in [-0.2, 0) is 11.2 Å². The molecule has 0 fully saturated rings. The number of aromatic nitrogens is 2. The molecule has 0 aliphatic carbocycles. The topological polar surface area (TPSA) is 35.0 Å². The van der Waals surface area contributed by atoms with Crippen molar-refractivity contribution in [3.05, 3.63) is 21.1 Å². The van der Waals surface area contributed by atoms with E-state index in [4.69, 9.17) is 16.3 Å². The monoisotopic (exact) mass is 278 g/mol. The highest BCUT2D eigenvalue weighted by atomic mass is 79.9. The van der Waals surface area contributed by atoms with E-state index in [1.807, 2.05) is 13.8 Å². The highest BCUT2D eigenvalue weighted by Crippen LogP contribution is 2.22. The summed E-state index contributed by atoms with van der Waals surface area (Å²) in [5.41, 5.74) is 0.858. The van der Waals surface area contributed by atoms with Crippen molar-refractivity contribution in [3.63, 3.8) is 0 Å². The molecular formula is C9H12BrClN2O. The molecule has 0 saturated heterocycles. The van der Waals surface area contributed by atoms with E-state index in [-0.39, 0.29) is 0 Å². The quantitative estimate of drug-likeness (QED) is 0.628. The summed E-state index contributed by atoms with van der Waals surface area (Å²) in [5, 5.41) is 0.462. The van der Waals surface area contributed by atoms with E-state index in [0.717, 1.165) is 16.0 Å². The van der Waals surface area contributed by atoms with Crippen molar-refractivity contribution in [1.29, 1.82) is 0 Å². The molecule has 0 radical (unpaired) electrons. The largest absolute Gasteiger partial charge is 0.381 e. The van der Waals surface area contributed by atoms with Gasteiger partial charge < -0.3 is 4.74 Å². The molecule has 78 valence electrons. The fourth-order valence-electron chi connectivity index (χ4n) is 0.999. The van der Waals surface area contributed by atoms with Crippen molar-refractivity contribution in [1.82, 2.24) is 9.97 Å². The summed E-state index contributed by atoms with van der Waals surface area (Å²) in [7, 11) is 0. The van der Waals surface area contributed by atoms with Crippen LogP contribution in [0.2, 0.25) is 5.15 Å². The molecule has 0 bridgehead atoms. The molecule has 14 heavy (non-hydrogen) atoms. The number of nitrogens with zero attached hydrogens (tertiary/aromatic N) is 2. The molecule has 1 rings (SSSR count). The zero-order valence-electron chi connectivity index (χ0n) is 8.18. The van der Waals surface area contributed by atoms with Gasteiger partial charge >= 0.3 is 0 Å². The minimum absolute atomic E-state index is 0.462. The Morgan fingerprint density at radius 3 is 2.71 bits per heavy atom. The molecule has 0 saturated carbocycles. The van der Waals surface area contributed by atoms with Crippen LogP contribution in [0.15, 0.2) is 4.47 Å². The lowest BCUT2D eigenvalue weighted by atomic mass is 10.4. The fraction of sp³-hybridized carbons (Fsp3) is 0.556. The van der Waals surface area contributed by atoms with Gasteiger partial charge in [0.25, 0.3) is 0 Å². The summed E-state index contributed by atoms with van der Waals surface area (Å²) in [6.07, 6.45) is 0.696. The summed E-state index contributed by atoms with van der Waals surface area (Å²) in [5.74, 6) is 0.726. The summed E-state index contributed by atoms with van der Waals surface area (Å²) in [6, 6.07) is 0. The predicted octanol–water partition coefficient (Wildman–Crippen LogP) is 2.78. The van der Waals surface area contributed by atoms with Crippen LogP contribution in [0.1, 0.15) is 18.4 Å². The van der Waals surface area contributed by atoms with Gasteiger partial charge in [-0.15, -0.1) is 0 Å². The van der Waals surface area contributed by atoms with Crippen LogP contribution >= 0.6 is 27.5 Å². The molecule has 1 aromatic heterocycles. The maximum atomic E-state index is 5.89. The molecule has 1 aromatic rings. The number of ether oxygens (including phenoxy) is 1. The number of hydrogen-bond acceptors (Lipinski definition) is 3. The molecule has 0 aliphatic rings. The Kier molecular flexibility index (Phi) is 4.78. The highest BCUT2D eigenvalue weighted by molar-refractivity contribution is 9.10. The summed E-state index contributed by atoms with van der Waals surface area (Å²) in [4.78, 5) is 8.42. The number of aryl methyl sites for hydroxylation is 1. The molecule has 1 heterocycles. The second-order valence-corrected chi connectivity index (χ2v) is 3.93. The molecule has 0 unspecified atom stereocenters. The first-order valence-electron chi connectivity index (χ1n) is 4.41. The van der Waals surface area contributed by atoms with E-state index in [9.17, 15) is 0 Å². The molecule has 0 aliphatic heterocycles. The Labute approximate surface area is 97.0 Å². The van der Waals surface area contributed by atoms with Gasteiger partial charge in [0.1, 0.15) is 11.0 Å². The van der Waals surface area contributed by atoms with Gasteiger partial charge in [-0.05, 0) is 29.8 Å². The van der Waals surface area contributed by atoms with E-state index in [1.54, 1.807) is 0 Å². The molecule has 5 heteroatoms. The normalized spacial score (nSPS) is 10.6. The van der Waals surface area contributed by atoms with Crippen molar-refractivity contribution >= 4 is 27.5 Å². The van der Waals surface area contributed by atoms with Gasteiger partial charge in [-0.25, -0.2) is 9.97 Å². The molecular weight excluding hydrogens is 267 g/mol. The van der Waals surface area contributed by atoms with Crippen molar-refractivity contribution in [3.8, 4) is 0 Å². The van der Waals surface area contributed by atoms with Crippen LogP contribution in [0, 0.1) is 6.92 Å². The number of rotatable bonds is 4. The average molecular weight is 280 g/mol. The maximum absolute atomic E-state index is 5.89. The van der Waals surface area contributed by atoms with E-state index in [0.29, 0.717) is 24.8 Å². The Morgan fingerprint density at radius 1 is 1.43 bits per heavy atom. The first-order chi connectivity index (χ1) is 6.65. The fourth-order valence-corrected chi connectivity index (χ4v) is 1.41. The second kappa shape index (κ2) is 5.63. The maximum Gasteiger partial charge on any atom is 0.147 e. The lowest BCUT2D eigenvalue weighted by molar-refractivity contribution is 0.149. The first-order valence-corrected chi connectivity index (χ1v) is 5.58.